The first-order valence-electron chi connectivity index (χ1n) is 8.04. The van der Waals surface area contributed by atoms with Crippen LogP contribution in [0, 0.1) is 5.92 Å². The standard InChI is InChI=1S/C20H27NO/c1-16(2)20(15-22-3)21-19(18-12-8-5-9-13-18)14-17-10-6-4-7-11-17/h4-13,16,19-21H,14-15H2,1-3H3/t19-,20+/m0/s1. The van der Waals surface area contributed by atoms with Crippen LogP contribution in [0.25, 0.3) is 0 Å². The summed E-state index contributed by atoms with van der Waals surface area (Å²) < 4.78 is 5.39. The SMILES string of the molecule is COC[C@@H](N[C@@H](Cc1ccccc1)c1ccccc1)C(C)C. The summed E-state index contributed by atoms with van der Waals surface area (Å²) in [6.45, 7) is 5.21. The van der Waals surface area contributed by atoms with Crippen molar-refractivity contribution >= 4 is 0 Å². The second kappa shape index (κ2) is 8.72. The fraction of sp³-hybridized carbons (Fsp3) is 0.400. The van der Waals surface area contributed by atoms with Crippen LogP contribution in [0.15, 0.2) is 60.7 Å². The van der Waals surface area contributed by atoms with Gasteiger partial charge >= 0.3 is 0 Å². The van der Waals surface area contributed by atoms with Crippen LogP contribution >= 0.6 is 0 Å². The minimum atomic E-state index is 0.297. The Morgan fingerprint density at radius 1 is 0.909 bits per heavy atom. The zero-order valence-electron chi connectivity index (χ0n) is 13.8. The van der Waals surface area contributed by atoms with Gasteiger partial charge in [0.2, 0.25) is 0 Å². The lowest BCUT2D eigenvalue weighted by Gasteiger charge is -2.28. The van der Waals surface area contributed by atoms with Crippen molar-refractivity contribution in [2.75, 3.05) is 13.7 Å². The Kier molecular flexibility index (Phi) is 6.63. The lowest BCUT2D eigenvalue weighted by molar-refractivity contribution is 0.140. The smallest absolute Gasteiger partial charge is 0.0618 e. The number of rotatable bonds is 8. The molecule has 0 amide bonds. The molecule has 2 aromatic rings. The maximum absolute atomic E-state index is 5.39. The van der Waals surface area contributed by atoms with E-state index >= 15 is 0 Å². The molecule has 0 heterocycles. The lowest BCUT2D eigenvalue weighted by atomic mass is 9.96. The van der Waals surface area contributed by atoms with Crippen LogP contribution in [0.2, 0.25) is 0 Å². The van der Waals surface area contributed by atoms with Gasteiger partial charge in [0.25, 0.3) is 0 Å². The second-order valence-corrected chi connectivity index (χ2v) is 6.13. The number of nitrogens with one attached hydrogen (secondary N) is 1. The highest BCUT2D eigenvalue weighted by molar-refractivity contribution is 5.24. The molecule has 0 saturated heterocycles. The molecule has 1 N–H and O–H groups in total. The normalized spacial score (nSPS) is 14.0. The maximum atomic E-state index is 5.39. The number of benzene rings is 2. The van der Waals surface area contributed by atoms with E-state index in [1.165, 1.54) is 11.1 Å². The summed E-state index contributed by atoms with van der Waals surface area (Å²) in [7, 11) is 1.77. The second-order valence-electron chi connectivity index (χ2n) is 6.13. The Hall–Kier alpha value is -1.64. The number of hydrogen-bond acceptors (Lipinski definition) is 2. The van der Waals surface area contributed by atoms with E-state index in [2.05, 4.69) is 79.8 Å². The molecule has 22 heavy (non-hydrogen) atoms. The van der Waals surface area contributed by atoms with Crippen molar-refractivity contribution in [3.8, 4) is 0 Å². The van der Waals surface area contributed by atoms with Gasteiger partial charge in [0.1, 0.15) is 0 Å². The quantitative estimate of drug-likeness (QED) is 0.787. The lowest BCUT2D eigenvalue weighted by Crippen LogP contribution is -2.40. The molecular formula is C20H27NO. The number of ether oxygens (including phenoxy) is 1. The first-order chi connectivity index (χ1) is 10.7. The van der Waals surface area contributed by atoms with Crippen molar-refractivity contribution < 1.29 is 4.74 Å². The summed E-state index contributed by atoms with van der Waals surface area (Å²) in [6, 6.07) is 22.0. The third kappa shape index (κ3) is 4.97. The van der Waals surface area contributed by atoms with E-state index in [9.17, 15) is 0 Å². The molecule has 0 spiro atoms. The van der Waals surface area contributed by atoms with Gasteiger partial charge in [0.15, 0.2) is 0 Å². The molecule has 2 aromatic carbocycles. The van der Waals surface area contributed by atoms with Crippen molar-refractivity contribution in [3.05, 3.63) is 71.8 Å². The molecule has 2 atom stereocenters. The van der Waals surface area contributed by atoms with Gasteiger partial charge in [0, 0.05) is 19.2 Å². The summed E-state index contributed by atoms with van der Waals surface area (Å²) in [4.78, 5) is 0. The van der Waals surface area contributed by atoms with Gasteiger partial charge in [-0.3, -0.25) is 0 Å². The fourth-order valence-electron chi connectivity index (χ4n) is 2.68. The first kappa shape index (κ1) is 16.7. The first-order valence-corrected chi connectivity index (χ1v) is 8.04. The minimum Gasteiger partial charge on any atom is -0.383 e. The average molecular weight is 297 g/mol. The topological polar surface area (TPSA) is 21.3 Å². The molecule has 0 saturated carbocycles. The zero-order chi connectivity index (χ0) is 15.8. The van der Waals surface area contributed by atoms with E-state index in [-0.39, 0.29) is 0 Å². The average Bonchev–Trinajstić information content (AvgIpc) is 2.55. The highest BCUT2D eigenvalue weighted by Crippen LogP contribution is 2.20. The van der Waals surface area contributed by atoms with Gasteiger partial charge in [-0.05, 0) is 23.5 Å². The predicted molar refractivity (Wildman–Crippen MR) is 93.0 cm³/mol. The molecule has 2 heteroatoms. The molecule has 0 aliphatic rings. The van der Waals surface area contributed by atoms with Crippen molar-refractivity contribution in [2.45, 2.75) is 32.4 Å². The molecular weight excluding hydrogens is 270 g/mol. The Balaban J connectivity index is 2.18. The van der Waals surface area contributed by atoms with Crippen LogP contribution in [-0.4, -0.2) is 19.8 Å². The molecule has 0 aliphatic carbocycles. The van der Waals surface area contributed by atoms with Crippen molar-refractivity contribution in [1.29, 1.82) is 0 Å². The van der Waals surface area contributed by atoms with Gasteiger partial charge < -0.3 is 10.1 Å². The van der Waals surface area contributed by atoms with Crippen LogP contribution in [-0.2, 0) is 11.2 Å². The van der Waals surface area contributed by atoms with Gasteiger partial charge in [-0.25, -0.2) is 0 Å². The van der Waals surface area contributed by atoms with Crippen molar-refractivity contribution in [3.63, 3.8) is 0 Å². The van der Waals surface area contributed by atoms with Crippen LogP contribution in [0.4, 0.5) is 0 Å². The minimum absolute atomic E-state index is 0.297. The molecule has 0 fully saturated rings. The highest BCUT2D eigenvalue weighted by Gasteiger charge is 2.19. The molecule has 0 aromatic heterocycles. The van der Waals surface area contributed by atoms with E-state index in [4.69, 9.17) is 4.74 Å². The number of hydrogen-bond donors (Lipinski definition) is 1. The van der Waals surface area contributed by atoms with E-state index in [1.807, 2.05) is 0 Å². The molecule has 0 unspecified atom stereocenters. The van der Waals surface area contributed by atoms with E-state index in [1.54, 1.807) is 7.11 Å². The molecule has 0 radical (unpaired) electrons. The van der Waals surface area contributed by atoms with Crippen LogP contribution in [0.1, 0.15) is 31.0 Å². The number of methoxy groups -OCH3 is 1. The Labute approximate surface area is 134 Å². The molecule has 118 valence electrons. The van der Waals surface area contributed by atoms with Gasteiger partial charge in [-0.1, -0.05) is 74.5 Å². The monoisotopic (exact) mass is 297 g/mol. The molecule has 2 rings (SSSR count). The van der Waals surface area contributed by atoms with E-state index in [0.717, 1.165) is 13.0 Å². The summed E-state index contributed by atoms with van der Waals surface area (Å²) in [5, 5.41) is 3.79. The summed E-state index contributed by atoms with van der Waals surface area (Å²) in [5.74, 6) is 0.530. The molecule has 2 nitrogen and oxygen atoms in total. The Morgan fingerprint density at radius 2 is 1.50 bits per heavy atom. The largest absolute Gasteiger partial charge is 0.383 e. The van der Waals surface area contributed by atoms with Gasteiger partial charge in [-0.2, -0.15) is 0 Å². The fourth-order valence-corrected chi connectivity index (χ4v) is 2.68. The van der Waals surface area contributed by atoms with Crippen LogP contribution < -0.4 is 5.32 Å². The Morgan fingerprint density at radius 3 is 2.05 bits per heavy atom. The summed E-state index contributed by atoms with van der Waals surface area (Å²) >= 11 is 0. The van der Waals surface area contributed by atoms with Crippen molar-refractivity contribution in [1.82, 2.24) is 5.32 Å². The van der Waals surface area contributed by atoms with Gasteiger partial charge in [-0.15, -0.1) is 0 Å². The van der Waals surface area contributed by atoms with Crippen LogP contribution in [0.5, 0.6) is 0 Å². The third-order valence-electron chi connectivity index (χ3n) is 4.05. The molecule has 0 bridgehead atoms. The van der Waals surface area contributed by atoms with Gasteiger partial charge in [0.05, 0.1) is 6.61 Å². The van der Waals surface area contributed by atoms with E-state index in [0.29, 0.717) is 18.0 Å². The Bertz CT molecular complexity index is 524. The summed E-state index contributed by atoms with van der Waals surface area (Å²) in [5.41, 5.74) is 2.68. The molecule has 0 aliphatic heterocycles. The maximum Gasteiger partial charge on any atom is 0.0618 e. The zero-order valence-corrected chi connectivity index (χ0v) is 13.8. The third-order valence-corrected chi connectivity index (χ3v) is 4.05. The van der Waals surface area contributed by atoms with E-state index < -0.39 is 0 Å². The van der Waals surface area contributed by atoms with Crippen LogP contribution in [0.3, 0.4) is 0 Å². The predicted octanol–water partition coefficient (Wildman–Crippen LogP) is 4.23. The highest BCUT2D eigenvalue weighted by atomic mass is 16.5. The van der Waals surface area contributed by atoms with Crippen molar-refractivity contribution in [2.24, 2.45) is 5.92 Å². The summed E-state index contributed by atoms with van der Waals surface area (Å²) in [6.07, 6.45) is 0.984.